The highest BCUT2D eigenvalue weighted by Gasteiger charge is 2.44. The van der Waals surface area contributed by atoms with Crippen molar-refractivity contribution >= 4 is 23.1 Å². The Bertz CT molecular complexity index is 1020. The van der Waals surface area contributed by atoms with Crippen LogP contribution in [0.25, 0.3) is 0 Å². The lowest BCUT2D eigenvalue weighted by molar-refractivity contribution is -0.131. The molecule has 1 fully saturated rings. The molecule has 3 unspecified atom stereocenters. The molecule has 0 saturated carbocycles. The molecule has 5 nitrogen and oxygen atoms in total. The molecule has 0 aromatic heterocycles. The minimum absolute atomic E-state index is 0.0657. The maximum absolute atomic E-state index is 13.7. The van der Waals surface area contributed by atoms with Crippen molar-refractivity contribution in [2.75, 3.05) is 29.9 Å². The molecule has 34 heavy (non-hydrogen) atoms. The van der Waals surface area contributed by atoms with Gasteiger partial charge in [0.2, 0.25) is 5.91 Å². The molecule has 1 aromatic rings. The number of Topliss-reactive ketones (excluding diaryl/α,β-unsaturated/α-hetero) is 1. The summed E-state index contributed by atoms with van der Waals surface area (Å²) in [7, 11) is 0. The molecule has 1 aromatic carbocycles. The van der Waals surface area contributed by atoms with E-state index < -0.39 is 0 Å². The molecule has 0 bridgehead atoms. The van der Waals surface area contributed by atoms with Gasteiger partial charge in [0.15, 0.2) is 5.78 Å². The third-order valence-corrected chi connectivity index (χ3v) is 8.12. The molecule has 1 saturated heterocycles. The van der Waals surface area contributed by atoms with Crippen molar-refractivity contribution in [3.63, 3.8) is 0 Å². The maximum Gasteiger partial charge on any atom is 0.242 e. The first kappa shape index (κ1) is 23.2. The third-order valence-electron chi connectivity index (χ3n) is 8.12. The second-order valence-electron chi connectivity index (χ2n) is 11.7. The molecule has 1 amide bonds. The van der Waals surface area contributed by atoms with Crippen LogP contribution in [0.2, 0.25) is 0 Å². The fraction of sp³-hybridized carbons (Fsp3) is 0.586. The van der Waals surface area contributed by atoms with Crippen LogP contribution in [-0.2, 0) is 9.59 Å². The number of benzene rings is 1. The summed E-state index contributed by atoms with van der Waals surface area (Å²) in [5.74, 6) is 1.30. The lowest BCUT2D eigenvalue weighted by Crippen LogP contribution is -2.51. The number of likely N-dealkylation sites (tertiary alicyclic amines) is 1. The van der Waals surface area contributed by atoms with Crippen molar-refractivity contribution in [1.29, 1.82) is 0 Å². The van der Waals surface area contributed by atoms with Crippen molar-refractivity contribution in [3.8, 4) is 0 Å². The summed E-state index contributed by atoms with van der Waals surface area (Å²) in [6, 6.07) is 8.22. The molecule has 1 N–H and O–H groups in total. The van der Waals surface area contributed by atoms with Crippen LogP contribution >= 0.6 is 0 Å². The number of nitrogens with zero attached hydrogens (tertiary/aromatic N) is 2. The number of carbonyl (C=O) groups excluding carboxylic acids is 2. The number of hydrogen-bond donors (Lipinski definition) is 1. The quantitative estimate of drug-likeness (QED) is 0.600. The molecule has 5 rings (SSSR count). The first-order chi connectivity index (χ1) is 16.3. The molecule has 2 aliphatic heterocycles. The lowest BCUT2D eigenvalue weighted by Gasteiger charge is -2.42. The molecular formula is C29H39N3O2. The average Bonchev–Trinajstić information content (AvgIpc) is 2.93. The Balaban J connectivity index is 1.59. The molecular weight excluding hydrogens is 422 g/mol. The summed E-state index contributed by atoms with van der Waals surface area (Å²) in [5.41, 5.74) is 3.98. The highest BCUT2D eigenvalue weighted by molar-refractivity contribution is 6.01. The van der Waals surface area contributed by atoms with Crippen LogP contribution < -0.4 is 10.2 Å². The largest absolute Gasteiger partial charge is 0.357 e. The summed E-state index contributed by atoms with van der Waals surface area (Å²) in [5, 5.41) is 3.68. The SMILES string of the molecule is CC1CCCN(C(=O)CN2c3ccccc3NC3=C(C(=O)CC(C)(C)C3)C2C2CC=CCC2)C1. The minimum atomic E-state index is -0.0779. The number of piperidine rings is 1. The lowest BCUT2D eigenvalue weighted by atomic mass is 9.71. The second-order valence-corrected chi connectivity index (χ2v) is 11.7. The van der Waals surface area contributed by atoms with Crippen LogP contribution in [0.4, 0.5) is 11.4 Å². The van der Waals surface area contributed by atoms with E-state index in [9.17, 15) is 9.59 Å². The first-order valence-corrected chi connectivity index (χ1v) is 13.1. The number of anilines is 2. The van der Waals surface area contributed by atoms with Gasteiger partial charge in [-0.2, -0.15) is 0 Å². The van der Waals surface area contributed by atoms with E-state index in [2.05, 4.69) is 61.3 Å². The monoisotopic (exact) mass is 461 g/mol. The van der Waals surface area contributed by atoms with Crippen LogP contribution in [0.5, 0.6) is 0 Å². The van der Waals surface area contributed by atoms with Gasteiger partial charge in [-0.25, -0.2) is 0 Å². The summed E-state index contributed by atoms with van der Waals surface area (Å²) in [4.78, 5) is 31.7. The van der Waals surface area contributed by atoms with Gasteiger partial charge in [0.25, 0.3) is 0 Å². The summed E-state index contributed by atoms with van der Waals surface area (Å²) >= 11 is 0. The smallest absolute Gasteiger partial charge is 0.242 e. The molecule has 2 heterocycles. The van der Waals surface area contributed by atoms with Crippen molar-refractivity contribution in [3.05, 3.63) is 47.7 Å². The number of fused-ring (bicyclic) bond motifs is 1. The number of para-hydroxylation sites is 2. The molecule has 0 spiro atoms. The van der Waals surface area contributed by atoms with Gasteiger partial charge in [-0.1, -0.05) is 45.1 Å². The van der Waals surface area contributed by atoms with E-state index in [1.165, 1.54) is 6.42 Å². The van der Waals surface area contributed by atoms with E-state index in [0.29, 0.717) is 24.8 Å². The van der Waals surface area contributed by atoms with Gasteiger partial charge in [0.05, 0.1) is 24.0 Å². The van der Waals surface area contributed by atoms with Gasteiger partial charge in [-0.05, 0) is 67.9 Å². The predicted molar refractivity (Wildman–Crippen MR) is 138 cm³/mol. The number of hydrogen-bond acceptors (Lipinski definition) is 4. The zero-order valence-electron chi connectivity index (χ0n) is 21.0. The number of allylic oxidation sites excluding steroid dienone is 3. The Morgan fingerprint density at radius 2 is 1.97 bits per heavy atom. The van der Waals surface area contributed by atoms with Crippen molar-refractivity contribution in [2.45, 2.75) is 71.8 Å². The highest BCUT2D eigenvalue weighted by Crippen LogP contribution is 2.46. The van der Waals surface area contributed by atoms with E-state index in [4.69, 9.17) is 0 Å². The molecule has 3 atom stereocenters. The van der Waals surface area contributed by atoms with Crippen molar-refractivity contribution in [2.24, 2.45) is 17.3 Å². The number of amides is 1. The summed E-state index contributed by atoms with van der Waals surface area (Å²) in [6.45, 7) is 8.61. The van der Waals surface area contributed by atoms with Gasteiger partial charge < -0.3 is 15.1 Å². The first-order valence-electron chi connectivity index (χ1n) is 13.1. The highest BCUT2D eigenvalue weighted by atomic mass is 16.2. The number of carbonyl (C=O) groups is 2. The van der Waals surface area contributed by atoms with E-state index in [1.54, 1.807) is 0 Å². The van der Waals surface area contributed by atoms with E-state index in [0.717, 1.165) is 67.8 Å². The van der Waals surface area contributed by atoms with Crippen LogP contribution in [-0.4, -0.2) is 42.3 Å². The predicted octanol–water partition coefficient (Wildman–Crippen LogP) is 5.55. The molecule has 5 heteroatoms. The third kappa shape index (κ3) is 4.54. The van der Waals surface area contributed by atoms with Gasteiger partial charge in [0, 0.05) is 30.8 Å². The molecule has 182 valence electrons. The summed E-state index contributed by atoms with van der Waals surface area (Å²) in [6.07, 6.45) is 11.2. The standard InChI is InChI=1S/C29H39N3O2/c1-20-10-9-15-31(18-20)26(34)19-32-24-14-8-7-13-22(24)30-23-16-29(2,3)17-25(33)27(23)28(32)21-11-5-4-6-12-21/h4-5,7-8,13-14,20-21,28,30H,6,9-12,15-19H2,1-3H3. The Morgan fingerprint density at radius 1 is 1.15 bits per heavy atom. The van der Waals surface area contributed by atoms with E-state index in [1.807, 2.05) is 11.0 Å². The topological polar surface area (TPSA) is 52.7 Å². The van der Waals surface area contributed by atoms with Crippen molar-refractivity contribution < 1.29 is 9.59 Å². The minimum Gasteiger partial charge on any atom is -0.357 e. The fourth-order valence-electron chi connectivity index (χ4n) is 6.53. The Morgan fingerprint density at radius 3 is 2.74 bits per heavy atom. The fourth-order valence-corrected chi connectivity index (χ4v) is 6.53. The zero-order chi connectivity index (χ0) is 23.9. The average molecular weight is 462 g/mol. The molecule has 2 aliphatic carbocycles. The summed E-state index contributed by atoms with van der Waals surface area (Å²) < 4.78 is 0. The van der Waals surface area contributed by atoms with Gasteiger partial charge in [-0.15, -0.1) is 0 Å². The van der Waals surface area contributed by atoms with Crippen LogP contribution in [0.3, 0.4) is 0 Å². The number of rotatable bonds is 3. The molecule has 4 aliphatic rings. The normalized spacial score (nSPS) is 28.7. The van der Waals surface area contributed by atoms with Crippen LogP contribution in [0, 0.1) is 17.3 Å². The number of nitrogens with one attached hydrogen (secondary N) is 1. The van der Waals surface area contributed by atoms with Gasteiger partial charge in [0.1, 0.15) is 0 Å². The van der Waals surface area contributed by atoms with Crippen LogP contribution in [0.15, 0.2) is 47.7 Å². The van der Waals surface area contributed by atoms with E-state index in [-0.39, 0.29) is 23.1 Å². The van der Waals surface area contributed by atoms with E-state index >= 15 is 0 Å². The van der Waals surface area contributed by atoms with Gasteiger partial charge in [-0.3, -0.25) is 9.59 Å². The molecule has 0 radical (unpaired) electrons. The van der Waals surface area contributed by atoms with Crippen LogP contribution in [0.1, 0.15) is 65.7 Å². The zero-order valence-corrected chi connectivity index (χ0v) is 21.0. The Labute approximate surface area is 204 Å². The Hall–Kier alpha value is -2.56. The van der Waals surface area contributed by atoms with Gasteiger partial charge >= 0.3 is 0 Å². The Kier molecular flexibility index (Phi) is 6.30. The van der Waals surface area contributed by atoms with Crippen molar-refractivity contribution in [1.82, 2.24) is 4.90 Å². The maximum atomic E-state index is 13.7. The second kappa shape index (κ2) is 9.24. The number of ketones is 1.